The van der Waals surface area contributed by atoms with Crippen molar-refractivity contribution in [2.75, 3.05) is 0 Å². The third-order valence-electron chi connectivity index (χ3n) is 4.07. The summed E-state index contributed by atoms with van der Waals surface area (Å²) in [7, 11) is -3.56. The number of aromatic nitrogens is 1. The van der Waals surface area contributed by atoms with Gasteiger partial charge in [-0.05, 0) is 31.4 Å². The van der Waals surface area contributed by atoms with Crippen LogP contribution in [0.2, 0.25) is 0 Å². The number of sulfonamides is 1. The van der Waals surface area contributed by atoms with E-state index in [9.17, 15) is 8.42 Å². The van der Waals surface area contributed by atoms with Gasteiger partial charge >= 0.3 is 0 Å². The van der Waals surface area contributed by atoms with Crippen molar-refractivity contribution < 1.29 is 8.42 Å². The molecule has 1 aromatic carbocycles. The molecule has 0 amide bonds. The molecule has 0 saturated carbocycles. The molecule has 0 bridgehead atoms. The highest BCUT2D eigenvalue weighted by molar-refractivity contribution is 7.89. The third kappa shape index (κ3) is 4.23. The molecular weight excluding hydrogens is 384 g/mol. The van der Waals surface area contributed by atoms with E-state index >= 15 is 0 Å². The number of aryl methyl sites for hydroxylation is 2. The number of thiazole rings is 1. The lowest BCUT2D eigenvalue weighted by atomic mass is 10.2. The van der Waals surface area contributed by atoms with Crippen LogP contribution in [0.5, 0.6) is 0 Å². The Morgan fingerprint density at radius 1 is 1.15 bits per heavy atom. The van der Waals surface area contributed by atoms with Crippen LogP contribution in [-0.2, 0) is 16.6 Å². The van der Waals surface area contributed by atoms with E-state index in [1.54, 1.807) is 17.4 Å². The van der Waals surface area contributed by atoms with Crippen molar-refractivity contribution in [3.8, 4) is 9.88 Å². The smallest absolute Gasteiger partial charge is 0.240 e. The van der Waals surface area contributed by atoms with E-state index in [1.807, 2.05) is 43.5 Å². The van der Waals surface area contributed by atoms with Gasteiger partial charge in [0.05, 0.1) is 15.5 Å². The molecule has 0 radical (unpaired) electrons. The van der Waals surface area contributed by atoms with Gasteiger partial charge in [-0.1, -0.05) is 43.7 Å². The zero-order valence-corrected chi connectivity index (χ0v) is 17.7. The standard InChI is InChI=1S/C19H22N2O2S3/c1-12(2)16-11-24-19(21-16)17-9-18(14(4)25-17)26(22,23)20-10-15-7-5-13(3)6-8-15/h5-9,11-12,20H,10H2,1-4H3. The monoisotopic (exact) mass is 406 g/mol. The van der Waals surface area contributed by atoms with E-state index in [2.05, 4.69) is 23.6 Å². The Kier molecular flexibility index (Phi) is 5.62. The lowest BCUT2D eigenvalue weighted by Crippen LogP contribution is -2.23. The molecule has 7 heteroatoms. The molecule has 0 fully saturated rings. The van der Waals surface area contributed by atoms with Crippen molar-refractivity contribution in [1.29, 1.82) is 0 Å². The van der Waals surface area contributed by atoms with Gasteiger partial charge < -0.3 is 0 Å². The largest absolute Gasteiger partial charge is 0.241 e. The fourth-order valence-electron chi connectivity index (χ4n) is 2.46. The normalized spacial score (nSPS) is 12.0. The first-order valence-electron chi connectivity index (χ1n) is 8.37. The Bertz CT molecular complexity index is 1000. The molecule has 0 aliphatic carbocycles. The van der Waals surface area contributed by atoms with E-state index in [4.69, 9.17) is 0 Å². The number of nitrogens with one attached hydrogen (secondary N) is 1. The molecule has 3 rings (SSSR count). The molecule has 0 saturated heterocycles. The van der Waals surface area contributed by atoms with Gasteiger partial charge in [-0.2, -0.15) is 0 Å². The zero-order valence-electron chi connectivity index (χ0n) is 15.2. The van der Waals surface area contributed by atoms with Crippen molar-refractivity contribution in [3.63, 3.8) is 0 Å². The van der Waals surface area contributed by atoms with Crippen molar-refractivity contribution in [2.45, 2.75) is 45.1 Å². The second-order valence-electron chi connectivity index (χ2n) is 6.57. The number of benzene rings is 1. The van der Waals surface area contributed by atoms with Gasteiger partial charge in [-0.3, -0.25) is 0 Å². The molecule has 2 aromatic heterocycles. The molecule has 1 N–H and O–H groups in total. The van der Waals surface area contributed by atoms with Gasteiger partial charge in [0.15, 0.2) is 0 Å². The van der Waals surface area contributed by atoms with Crippen LogP contribution in [0.1, 0.15) is 41.5 Å². The van der Waals surface area contributed by atoms with Gasteiger partial charge in [0, 0.05) is 16.8 Å². The number of thiophene rings is 1. The highest BCUT2D eigenvalue weighted by atomic mass is 32.2. The summed E-state index contributed by atoms with van der Waals surface area (Å²) in [5.41, 5.74) is 3.13. The predicted octanol–water partition coefficient (Wildman–Crippen LogP) is 5.09. The fraction of sp³-hybridized carbons (Fsp3) is 0.316. The first-order chi connectivity index (χ1) is 12.3. The number of rotatable bonds is 6. The summed E-state index contributed by atoms with van der Waals surface area (Å²) >= 11 is 3.03. The highest BCUT2D eigenvalue weighted by Crippen LogP contribution is 2.36. The predicted molar refractivity (Wildman–Crippen MR) is 109 cm³/mol. The van der Waals surface area contributed by atoms with Crippen LogP contribution < -0.4 is 4.72 Å². The van der Waals surface area contributed by atoms with Crippen molar-refractivity contribution >= 4 is 32.7 Å². The first kappa shape index (κ1) is 19.2. The SMILES string of the molecule is Cc1ccc(CNS(=O)(=O)c2cc(-c3nc(C(C)C)cs3)sc2C)cc1. The average Bonchev–Trinajstić information content (AvgIpc) is 3.21. The Hall–Kier alpha value is -1.54. The van der Waals surface area contributed by atoms with E-state index in [0.29, 0.717) is 10.8 Å². The minimum absolute atomic E-state index is 0.280. The molecule has 2 heterocycles. The zero-order chi connectivity index (χ0) is 18.9. The van der Waals surface area contributed by atoms with E-state index in [1.165, 1.54) is 11.3 Å². The van der Waals surface area contributed by atoms with Gasteiger partial charge in [0.25, 0.3) is 0 Å². The topological polar surface area (TPSA) is 59.1 Å². The molecule has 0 aliphatic heterocycles. The summed E-state index contributed by atoms with van der Waals surface area (Å²) in [5, 5.41) is 2.92. The van der Waals surface area contributed by atoms with Crippen LogP contribution >= 0.6 is 22.7 Å². The highest BCUT2D eigenvalue weighted by Gasteiger charge is 2.21. The second kappa shape index (κ2) is 7.60. The summed E-state index contributed by atoms with van der Waals surface area (Å²) < 4.78 is 28.2. The lowest BCUT2D eigenvalue weighted by Gasteiger charge is -2.06. The van der Waals surface area contributed by atoms with Gasteiger partial charge in [-0.25, -0.2) is 18.1 Å². The summed E-state index contributed by atoms with van der Waals surface area (Å²) in [4.78, 5) is 6.64. The molecule has 0 spiro atoms. The number of hydrogen-bond acceptors (Lipinski definition) is 5. The maximum atomic E-state index is 12.7. The van der Waals surface area contributed by atoms with Crippen LogP contribution in [0.25, 0.3) is 9.88 Å². The van der Waals surface area contributed by atoms with Crippen LogP contribution in [0, 0.1) is 13.8 Å². The number of nitrogens with zero attached hydrogens (tertiary/aromatic N) is 1. The quantitative estimate of drug-likeness (QED) is 0.620. The van der Waals surface area contributed by atoms with Crippen molar-refractivity contribution in [1.82, 2.24) is 9.71 Å². The summed E-state index contributed by atoms with van der Waals surface area (Å²) in [6, 6.07) is 9.57. The Balaban J connectivity index is 1.81. The molecule has 4 nitrogen and oxygen atoms in total. The van der Waals surface area contributed by atoms with Crippen LogP contribution in [0.3, 0.4) is 0 Å². The third-order valence-corrected chi connectivity index (χ3v) is 7.81. The molecular formula is C19H22N2O2S3. The van der Waals surface area contributed by atoms with Crippen molar-refractivity contribution in [2.24, 2.45) is 0 Å². The molecule has 138 valence electrons. The van der Waals surface area contributed by atoms with Crippen molar-refractivity contribution in [3.05, 3.63) is 57.4 Å². The van der Waals surface area contributed by atoms with Crippen LogP contribution in [0.4, 0.5) is 0 Å². The molecule has 3 aromatic rings. The Morgan fingerprint density at radius 2 is 1.85 bits per heavy atom. The maximum Gasteiger partial charge on any atom is 0.241 e. The van der Waals surface area contributed by atoms with Crippen LogP contribution in [-0.4, -0.2) is 13.4 Å². The maximum absolute atomic E-state index is 12.7. The van der Waals surface area contributed by atoms with E-state index in [-0.39, 0.29) is 6.54 Å². The van der Waals surface area contributed by atoms with Gasteiger partial charge in [0.2, 0.25) is 10.0 Å². The van der Waals surface area contributed by atoms with Crippen LogP contribution in [0.15, 0.2) is 40.6 Å². The van der Waals surface area contributed by atoms with E-state index in [0.717, 1.165) is 31.6 Å². The Labute approximate surface area is 163 Å². The summed E-state index contributed by atoms with van der Waals surface area (Å²) in [5.74, 6) is 0.362. The van der Waals surface area contributed by atoms with Gasteiger partial charge in [-0.15, -0.1) is 22.7 Å². The summed E-state index contributed by atoms with van der Waals surface area (Å²) in [6.07, 6.45) is 0. The first-order valence-corrected chi connectivity index (χ1v) is 11.6. The molecule has 0 unspecified atom stereocenters. The van der Waals surface area contributed by atoms with E-state index < -0.39 is 10.0 Å². The number of hydrogen-bond donors (Lipinski definition) is 1. The minimum Gasteiger partial charge on any atom is -0.240 e. The summed E-state index contributed by atoms with van der Waals surface area (Å²) in [6.45, 7) is 8.33. The Morgan fingerprint density at radius 3 is 2.46 bits per heavy atom. The minimum atomic E-state index is -3.56. The second-order valence-corrected chi connectivity index (χ2v) is 10.4. The molecule has 0 aliphatic rings. The molecule has 26 heavy (non-hydrogen) atoms. The van der Waals surface area contributed by atoms with Gasteiger partial charge in [0.1, 0.15) is 5.01 Å². The molecule has 0 atom stereocenters. The fourth-order valence-corrected chi connectivity index (χ4v) is 6.12. The average molecular weight is 407 g/mol. The lowest BCUT2D eigenvalue weighted by molar-refractivity contribution is 0.581.